The van der Waals surface area contributed by atoms with Gasteiger partial charge >= 0.3 is 0 Å². The summed E-state index contributed by atoms with van der Waals surface area (Å²) < 4.78 is 0. The van der Waals surface area contributed by atoms with Gasteiger partial charge in [-0.25, -0.2) is 9.97 Å². The fourth-order valence-corrected chi connectivity index (χ4v) is 5.23. The molecule has 0 atom stereocenters. The predicted molar refractivity (Wildman–Crippen MR) is 136 cm³/mol. The summed E-state index contributed by atoms with van der Waals surface area (Å²) in [7, 11) is 0. The minimum Gasteiger partial charge on any atom is -0.346 e. The smallest absolute Gasteiger partial charge is 0.243 e. The van der Waals surface area contributed by atoms with E-state index in [9.17, 15) is 9.59 Å². The van der Waals surface area contributed by atoms with Crippen molar-refractivity contribution in [2.75, 3.05) is 17.6 Å². The van der Waals surface area contributed by atoms with Gasteiger partial charge in [-0.05, 0) is 30.5 Å². The maximum atomic E-state index is 12.4. The number of hydrogen-bond acceptors (Lipinski definition) is 6. The number of nitrogens with zero attached hydrogens (tertiary/aromatic N) is 2. The molecule has 0 spiro atoms. The second-order valence-corrected chi connectivity index (χ2v) is 9.32. The van der Waals surface area contributed by atoms with Gasteiger partial charge in [0.15, 0.2) is 0 Å². The lowest BCUT2D eigenvalue weighted by Crippen LogP contribution is -2.34. The molecule has 0 radical (unpaired) electrons. The summed E-state index contributed by atoms with van der Waals surface area (Å²) in [5.41, 5.74) is 5.19. The van der Waals surface area contributed by atoms with Crippen LogP contribution in [-0.4, -0.2) is 34.1 Å². The molecule has 0 aliphatic rings. The van der Waals surface area contributed by atoms with E-state index in [-0.39, 0.29) is 24.1 Å². The minimum absolute atomic E-state index is 0.0797. The van der Waals surface area contributed by atoms with Crippen LogP contribution in [0.3, 0.4) is 0 Å². The van der Waals surface area contributed by atoms with Crippen molar-refractivity contribution in [1.29, 1.82) is 0 Å². The highest BCUT2D eigenvalue weighted by Gasteiger charge is 2.15. The Morgan fingerprint density at radius 1 is 1.03 bits per heavy atom. The van der Waals surface area contributed by atoms with E-state index in [1.54, 1.807) is 11.3 Å². The number of nitrogens with one attached hydrogen (secondary N) is 2. The number of carbonyl (C=O) groups excluding carboxylic acids is 2. The van der Waals surface area contributed by atoms with Gasteiger partial charge in [-0.15, -0.1) is 11.3 Å². The number of anilines is 1. The monoisotopic (exact) mass is 476 g/mol. The molecule has 2 amide bonds. The number of thioether (sulfide) groups is 1. The van der Waals surface area contributed by atoms with E-state index in [1.165, 1.54) is 23.7 Å². The normalized spacial score (nSPS) is 10.8. The molecule has 6 nitrogen and oxygen atoms in total. The van der Waals surface area contributed by atoms with Crippen LogP contribution < -0.4 is 10.6 Å². The second kappa shape index (κ2) is 10.6. The van der Waals surface area contributed by atoms with Gasteiger partial charge in [-0.3, -0.25) is 9.59 Å². The van der Waals surface area contributed by atoms with Crippen LogP contribution in [0, 0.1) is 6.92 Å². The first-order valence-corrected chi connectivity index (χ1v) is 12.5. The zero-order valence-corrected chi connectivity index (χ0v) is 20.1. The topological polar surface area (TPSA) is 84.0 Å². The average Bonchev–Trinajstić information content (AvgIpc) is 3.27. The molecule has 4 aromatic rings. The number of thiophene rings is 1. The Bertz CT molecular complexity index is 1290. The summed E-state index contributed by atoms with van der Waals surface area (Å²) in [5.74, 6) is -0.315. The van der Waals surface area contributed by atoms with Crippen LogP contribution in [0.1, 0.15) is 18.1 Å². The van der Waals surface area contributed by atoms with E-state index < -0.39 is 0 Å². The van der Waals surface area contributed by atoms with E-state index in [4.69, 9.17) is 0 Å². The third-order valence-electron chi connectivity index (χ3n) is 5.16. The Kier molecular flexibility index (Phi) is 7.36. The lowest BCUT2D eigenvalue weighted by molar-refractivity contribution is -0.122. The van der Waals surface area contributed by atoms with E-state index in [2.05, 4.69) is 57.2 Å². The Balaban J connectivity index is 1.38. The number of carbonyl (C=O) groups is 2. The van der Waals surface area contributed by atoms with Crippen molar-refractivity contribution < 1.29 is 9.59 Å². The molecule has 8 heteroatoms. The molecule has 168 valence electrons. The molecule has 2 N–H and O–H groups in total. The Labute approximate surface area is 200 Å². The van der Waals surface area contributed by atoms with Crippen LogP contribution in [0.2, 0.25) is 0 Å². The van der Waals surface area contributed by atoms with Gasteiger partial charge in [0.25, 0.3) is 0 Å². The molecule has 2 aromatic heterocycles. The molecule has 0 saturated heterocycles. The minimum atomic E-state index is -0.252. The average molecular weight is 477 g/mol. The molecule has 0 aliphatic carbocycles. The van der Waals surface area contributed by atoms with Crippen LogP contribution in [0.5, 0.6) is 0 Å². The highest BCUT2D eigenvalue weighted by atomic mass is 32.2. The van der Waals surface area contributed by atoms with Crippen LogP contribution in [0.25, 0.3) is 21.3 Å². The highest BCUT2D eigenvalue weighted by molar-refractivity contribution is 8.00. The van der Waals surface area contributed by atoms with Gasteiger partial charge in [0.05, 0.1) is 17.7 Å². The third kappa shape index (κ3) is 5.58. The SMILES string of the molecule is CCc1ccccc1NC(=O)CNC(=O)CSc1ncnc2scc(-c3ccc(C)cc3)c12. The molecule has 33 heavy (non-hydrogen) atoms. The van der Waals surface area contributed by atoms with Crippen LogP contribution in [0.15, 0.2) is 65.3 Å². The Morgan fingerprint density at radius 2 is 1.82 bits per heavy atom. The van der Waals surface area contributed by atoms with E-state index >= 15 is 0 Å². The number of fused-ring (bicyclic) bond motifs is 1. The largest absolute Gasteiger partial charge is 0.346 e. The summed E-state index contributed by atoms with van der Waals surface area (Å²) in [5, 5.41) is 9.34. The van der Waals surface area contributed by atoms with Gasteiger partial charge in [-0.2, -0.15) is 0 Å². The maximum Gasteiger partial charge on any atom is 0.243 e. The predicted octanol–water partition coefficient (Wildman–Crippen LogP) is 5.08. The second-order valence-electron chi connectivity index (χ2n) is 7.50. The van der Waals surface area contributed by atoms with Gasteiger partial charge in [0, 0.05) is 16.6 Å². The van der Waals surface area contributed by atoms with Gasteiger partial charge in [0.1, 0.15) is 16.2 Å². The van der Waals surface area contributed by atoms with E-state index in [0.717, 1.165) is 44.0 Å². The molecule has 2 heterocycles. The van der Waals surface area contributed by atoms with Crippen molar-refractivity contribution in [1.82, 2.24) is 15.3 Å². The fourth-order valence-electron chi connectivity index (χ4n) is 3.41. The first-order chi connectivity index (χ1) is 16.0. The van der Waals surface area contributed by atoms with Crippen molar-refractivity contribution in [3.8, 4) is 11.1 Å². The summed E-state index contributed by atoms with van der Waals surface area (Å²) >= 11 is 2.91. The highest BCUT2D eigenvalue weighted by Crippen LogP contribution is 2.37. The molecule has 0 unspecified atom stereocenters. The molecular weight excluding hydrogens is 452 g/mol. The fraction of sp³-hybridized carbons (Fsp3) is 0.200. The van der Waals surface area contributed by atoms with Crippen molar-refractivity contribution in [3.63, 3.8) is 0 Å². The summed E-state index contributed by atoms with van der Waals surface area (Å²) in [4.78, 5) is 34.4. The first kappa shape index (κ1) is 22.9. The number of rotatable bonds is 8. The quantitative estimate of drug-likeness (QED) is 0.274. The number of para-hydroxylation sites is 1. The molecule has 4 rings (SSSR count). The number of benzene rings is 2. The van der Waals surface area contributed by atoms with Crippen molar-refractivity contribution in [3.05, 3.63) is 71.4 Å². The summed E-state index contributed by atoms with van der Waals surface area (Å²) in [6, 6.07) is 16.0. The number of hydrogen-bond donors (Lipinski definition) is 2. The van der Waals surface area contributed by atoms with Gasteiger partial charge in [0.2, 0.25) is 11.8 Å². The van der Waals surface area contributed by atoms with Crippen LogP contribution in [-0.2, 0) is 16.0 Å². The third-order valence-corrected chi connectivity index (χ3v) is 7.03. The Hall–Kier alpha value is -3.23. The lowest BCUT2D eigenvalue weighted by atomic mass is 10.1. The zero-order valence-electron chi connectivity index (χ0n) is 18.4. The molecular formula is C25H24N4O2S2. The van der Waals surface area contributed by atoms with Crippen LogP contribution in [0.4, 0.5) is 5.69 Å². The molecule has 0 aliphatic heterocycles. The van der Waals surface area contributed by atoms with Crippen molar-refractivity contribution >= 4 is 50.8 Å². The maximum absolute atomic E-state index is 12.4. The lowest BCUT2D eigenvalue weighted by Gasteiger charge is -2.10. The zero-order chi connectivity index (χ0) is 23.2. The number of aromatic nitrogens is 2. The van der Waals surface area contributed by atoms with Crippen molar-refractivity contribution in [2.24, 2.45) is 0 Å². The van der Waals surface area contributed by atoms with Gasteiger partial charge in [-0.1, -0.05) is 66.7 Å². The number of aryl methyl sites for hydroxylation is 2. The molecule has 0 saturated carbocycles. The molecule has 0 fully saturated rings. The summed E-state index contributed by atoms with van der Waals surface area (Å²) in [6.07, 6.45) is 2.34. The first-order valence-electron chi connectivity index (χ1n) is 10.6. The van der Waals surface area contributed by atoms with E-state index in [1.807, 2.05) is 31.2 Å². The van der Waals surface area contributed by atoms with Crippen molar-refractivity contribution in [2.45, 2.75) is 25.3 Å². The van der Waals surface area contributed by atoms with E-state index in [0.29, 0.717) is 0 Å². The molecule has 0 bridgehead atoms. The molecule has 2 aromatic carbocycles. The number of amides is 2. The Morgan fingerprint density at radius 3 is 2.61 bits per heavy atom. The summed E-state index contributed by atoms with van der Waals surface area (Å²) in [6.45, 7) is 4.01. The standard InChI is InChI=1S/C25H24N4O2S2/c1-3-17-6-4-5-7-20(17)29-21(30)12-26-22(31)14-33-25-23-19(13-32-24(23)27-15-28-25)18-10-8-16(2)9-11-18/h4-11,13,15H,3,12,14H2,1-2H3,(H,26,31)(H,29,30). The van der Waals surface area contributed by atoms with Gasteiger partial charge < -0.3 is 10.6 Å². The van der Waals surface area contributed by atoms with Crippen LogP contribution >= 0.6 is 23.1 Å².